The molecule has 90 valence electrons. The van der Waals surface area contributed by atoms with Crippen LogP contribution in [0.3, 0.4) is 0 Å². The molecule has 0 bridgehead atoms. The van der Waals surface area contributed by atoms with E-state index in [2.05, 4.69) is 6.08 Å². The lowest BCUT2D eigenvalue weighted by atomic mass is 9.94. The maximum Gasteiger partial charge on any atom is 0.188 e. The van der Waals surface area contributed by atoms with Gasteiger partial charge in [-0.3, -0.25) is 4.79 Å². The van der Waals surface area contributed by atoms with Gasteiger partial charge in [0.05, 0.1) is 0 Å². The van der Waals surface area contributed by atoms with Crippen molar-refractivity contribution in [2.75, 3.05) is 5.73 Å². The third kappa shape index (κ3) is 3.19. The Labute approximate surface area is 103 Å². The van der Waals surface area contributed by atoms with Gasteiger partial charge in [-0.15, -0.1) is 0 Å². The molecule has 0 heterocycles. The molecule has 2 N–H and O–H groups in total. The molecule has 0 saturated carbocycles. The summed E-state index contributed by atoms with van der Waals surface area (Å²) in [6.07, 6.45) is 8.95. The summed E-state index contributed by atoms with van der Waals surface area (Å²) < 4.78 is 0. The van der Waals surface area contributed by atoms with Crippen molar-refractivity contribution in [1.82, 2.24) is 0 Å². The summed E-state index contributed by atoms with van der Waals surface area (Å²) in [4.78, 5) is 12.3. The Morgan fingerprint density at radius 2 is 1.71 bits per heavy atom. The number of rotatable bonds is 2. The van der Waals surface area contributed by atoms with Crippen molar-refractivity contribution in [3.63, 3.8) is 0 Å². The van der Waals surface area contributed by atoms with Crippen LogP contribution in [0.2, 0.25) is 0 Å². The molecule has 0 saturated heterocycles. The molecule has 0 fully saturated rings. The molecule has 2 nitrogen and oxygen atoms in total. The minimum absolute atomic E-state index is 0.173. The normalized spacial score (nSPS) is 19.9. The van der Waals surface area contributed by atoms with Crippen molar-refractivity contribution in [3.05, 3.63) is 41.5 Å². The Bertz CT molecular complexity index is 417. The van der Waals surface area contributed by atoms with Gasteiger partial charge in [-0.2, -0.15) is 0 Å². The zero-order valence-electron chi connectivity index (χ0n) is 10.1. The smallest absolute Gasteiger partial charge is 0.188 e. The van der Waals surface area contributed by atoms with Crippen LogP contribution in [-0.4, -0.2) is 5.78 Å². The molecule has 0 atom stereocenters. The highest BCUT2D eigenvalue weighted by Gasteiger charge is 2.12. The Balaban J connectivity index is 2.15. The SMILES string of the molecule is Nc1ccc(C(=O)/C2=C/CCCCCC2)cc1. The van der Waals surface area contributed by atoms with E-state index >= 15 is 0 Å². The van der Waals surface area contributed by atoms with Gasteiger partial charge in [0.2, 0.25) is 0 Å². The Morgan fingerprint density at radius 3 is 2.47 bits per heavy atom. The standard InChI is InChI=1S/C15H19NO/c16-14-10-8-13(9-11-14)15(17)12-6-4-2-1-3-5-7-12/h6,8-11H,1-5,7,16H2/b12-6+. The molecule has 1 aromatic rings. The molecular weight excluding hydrogens is 210 g/mol. The van der Waals surface area contributed by atoms with E-state index in [0.717, 1.165) is 30.4 Å². The quantitative estimate of drug-likeness (QED) is 0.620. The molecule has 1 aromatic carbocycles. The topological polar surface area (TPSA) is 43.1 Å². The number of Topliss-reactive ketones (excluding diaryl/α,β-unsaturated/α-hetero) is 1. The van der Waals surface area contributed by atoms with E-state index in [1.54, 1.807) is 12.1 Å². The van der Waals surface area contributed by atoms with Gasteiger partial charge in [0.15, 0.2) is 5.78 Å². The van der Waals surface area contributed by atoms with Crippen LogP contribution < -0.4 is 5.73 Å². The first kappa shape index (κ1) is 11.9. The van der Waals surface area contributed by atoms with E-state index < -0.39 is 0 Å². The lowest BCUT2D eigenvalue weighted by Crippen LogP contribution is -2.05. The molecule has 2 rings (SSSR count). The lowest BCUT2D eigenvalue weighted by Gasteiger charge is -2.10. The number of hydrogen-bond acceptors (Lipinski definition) is 2. The third-order valence-electron chi connectivity index (χ3n) is 3.26. The predicted octanol–water partition coefficient (Wildman–Crippen LogP) is 3.73. The highest BCUT2D eigenvalue weighted by atomic mass is 16.1. The molecular formula is C15H19NO. The Kier molecular flexibility index (Phi) is 3.97. The van der Waals surface area contributed by atoms with Crippen LogP contribution in [0.1, 0.15) is 48.9 Å². The monoisotopic (exact) mass is 229 g/mol. The Morgan fingerprint density at radius 1 is 1.00 bits per heavy atom. The van der Waals surface area contributed by atoms with Gasteiger partial charge >= 0.3 is 0 Å². The van der Waals surface area contributed by atoms with Crippen molar-refractivity contribution in [2.45, 2.75) is 38.5 Å². The molecule has 0 aromatic heterocycles. The fraction of sp³-hybridized carbons (Fsp3) is 0.400. The average molecular weight is 229 g/mol. The van der Waals surface area contributed by atoms with Crippen molar-refractivity contribution in [2.24, 2.45) is 0 Å². The summed E-state index contributed by atoms with van der Waals surface area (Å²) in [5.41, 5.74) is 8.06. The van der Waals surface area contributed by atoms with Gasteiger partial charge < -0.3 is 5.73 Å². The molecule has 0 amide bonds. The molecule has 2 heteroatoms. The second-order valence-electron chi connectivity index (χ2n) is 4.63. The highest BCUT2D eigenvalue weighted by molar-refractivity contribution is 6.08. The summed E-state index contributed by atoms with van der Waals surface area (Å²) in [6.45, 7) is 0. The fourth-order valence-corrected chi connectivity index (χ4v) is 2.22. The minimum atomic E-state index is 0.173. The summed E-state index contributed by atoms with van der Waals surface area (Å²) in [7, 11) is 0. The summed E-state index contributed by atoms with van der Waals surface area (Å²) >= 11 is 0. The number of benzene rings is 1. The molecule has 1 aliphatic rings. The van der Waals surface area contributed by atoms with Crippen LogP contribution in [0.15, 0.2) is 35.9 Å². The van der Waals surface area contributed by atoms with Crippen LogP contribution in [-0.2, 0) is 0 Å². The summed E-state index contributed by atoms with van der Waals surface area (Å²) in [5.74, 6) is 0.173. The number of hydrogen-bond donors (Lipinski definition) is 1. The zero-order valence-corrected chi connectivity index (χ0v) is 10.1. The fourth-order valence-electron chi connectivity index (χ4n) is 2.22. The van der Waals surface area contributed by atoms with E-state index in [1.807, 2.05) is 12.1 Å². The van der Waals surface area contributed by atoms with E-state index in [1.165, 1.54) is 19.3 Å². The first-order chi connectivity index (χ1) is 8.27. The first-order valence-corrected chi connectivity index (χ1v) is 6.36. The predicted molar refractivity (Wildman–Crippen MR) is 71.0 cm³/mol. The van der Waals surface area contributed by atoms with Crippen LogP contribution >= 0.6 is 0 Å². The van der Waals surface area contributed by atoms with Crippen molar-refractivity contribution in [3.8, 4) is 0 Å². The van der Waals surface area contributed by atoms with Gasteiger partial charge in [0, 0.05) is 11.3 Å². The number of carbonyl (C=O) groups is 1. The Hall–Kier alpha value is -1.57. The van der Waals surface area contributed by atoms with Gasteiger partial charge in [0.1, 0.15) is 0 Å². The maximum atomic E-state index is 12.3. The van der Waals surface area contributed by atoms with Crippen LogP contribution in [0, 0.1) is 0 Å². The second-order valence-corrected chi connectivity index (χ2v) is 4.63. The van der Waals surface area contributed by atoms with Gasteiger partial charge in [-0.1, -0.05) is 18.9 Å². The number of anilines is 1. The summed E-state index contributed by atoms with van der Waals surface area (Å²) in [6, 6.07) is 7.21. The molecule has 0 spiro atoms. The largest absolute Gasteiger partial charge is 0.399 e. The third-order valence-corrected chi connectivity index (χ3v) is 3.26. The van der Waals surface area contributed by atoms with Gasteiger partial charge in [0.25, 0.3) is 0 Å². The van der Waals surface area contributed by atoms with E-state index in [4.69, 9.17) is 5.73 Å². The van der Waals surface area contributed by atoms with Gasteiger partial charge in [-0.05, 0) is 55.5 Å². The number of allylic oxidation sites excluding steroid dienone is 2. The van der Waals surface area contributed by atoms with Crippen molar-refractivity contribution in [1.29, 1.82) is 0 Å². The lowest BCUT2D eigenvalue weighted by molar-refractivity contribution is 0.102. The second kappa shape index (κ2) is 5.67. The van der Waals surface area contributed by atoms with E-state index in [0.29, 0.717) is 5.69 Å². The number of ketones is 1. The molecule has 0 aliphatic heterocycles. The number of nitrogens with two attached hydrogens (primary N) is 1. The maximum absolute atomic E-state index is 12.3. The zero-order chi connectivity index (χ0) is 12.1. The van der Waals surface area contributed by atoms with E-state index in [9.17, 15) is 4.79 Å². The van der Waals surface area contributed by atoms with Crippen molar-refractivity contribution < 1.29 is 4.79 Å². The first-order valence-electron chi connectivity index (χ1n) is 6.36. The van der Waals surface area contributed by atoms with Crippen molar-refractivity contribution >= 4 is 11.5 Å². The molecule has 0 unspecified atom stereocenters. The molecule has 17 heavy (non-hydrogen) atoms. The van der Waals surface area contributed by atoms with Gasteiger partial charge in [-0.25, -0.2) is 0 Å². The number of nitrogen functional groups attached to an aromatic ring is 1. The molecule has 0 radical (unpaired) electrons. The summed E-state index contributed by atoms with van der Waals surface area (Å²) in [5, 5.41) is 0. The molecule has 1 aliphatic carbocycles. The number of carbonyl (C=O) groups excluding carboxylic acids is 1. The minimum Gasteiger partial charge on any atom is -0.399 e. The highest BCUT2D eigenvalue weighted by Crippen LogP contribution is 2.21. The van der Waals surface area contributed by atoms with E-state index in [-0.39, 0.29) is 5.78 Å². The van der Waals surface area contributed by atoms with Crippen LogP contribution in [0.5, 0.6) is 0 Å². The van der Waals surface area contributed by atoms with Crippen LogP contribution in [0.25, 0.3) is 0 Å². The average Bonchev–Trinajstić information content (AvgIpc) is 2.29. The van der Waals surface area contributed by atoms with Crippen LogP contribution in [0.4, 0.5) is 5.69 Å².